The molecule has 0 saturated carbocycles. The van der Waals surface area contributed by atoms with Crippen molar-refractivity contribution in [3.63, 3.8) is 0 Å². The molecule has 2 aliphatic rings. The van der Waals surface area contributed by atoms with Gasteiger partial charge < -0.3 is 9.64 Å². The number of hydrogen-bond donors (Lipinski definition) is 0. The molecule has 5 rings (SSSR count). The Balaban J connectivity index is 1.71. The van der Waals surface area contributed by atoms with Crippen LogP contribution in [0.2, 0.25) is 0 Å². The molecule has 1 aromatic heterocycles. The van der Waals surface area contributed by atoms with Gasteiger partial charge in [-0.3, -0.25) is 9.98 Å². The highest BCUT2D eigenvalue weighted by atomic mass is 19.1. The van der Waals surface area contributed by atoms with Crippen LogP contribution >= 0.6 is 0 Å². The summed E-state index contributed by atoms with van der Waals surface area (Å²) in [5.41, 5.74) is 1.47. The summed E-state index contributed by atoms with van der Waals surface area (Å²) in [5.74, 6) is 0.467. The molecule has 1 unspecified atom stereocenters. The predicted molar refractivity (Wildman–Crippen MR) is 101 cm³/mol. The first-order chi connectivity index (χ1) is 12.4. The summed E-state index contributed by atoms with van der Waals surface area (Å²) in [6.45, 7) is 4.21. The van der Waals surface area contributed by atoms with E-state index in [-0.39, 0.29) is 5.82 Å². The summed E-state index contributed by atoms with van der Waals surface area (Å²) < 4.78 is 20.4. The maximum Gasteiger partial charge on any atom is 0.228 e. The van der Waals surface area contributed by atoms with E-state index in [2.05, 4.69) is 18.8 Å². The first-order valence-corrected chi connectivity index (χ1v) is 8.59. The highest BCUT2D eigenvalue weighted by Gasteiger charge is 2.58. The van der Waals surface area contributed by atoms with Crippen molar-refractivity contribution in [1.82, 2.24) is 4.98 Å². The lowest BCUT2D eigenvalue weighted by molar-refractivity contribution is 0.0826. The Labute approximate surface area is 151 Å². The Morgan fingerprint density at radius 2 is 1.96 bits per heavy atom. The Morgan fingerprint density at radius 1 is 1.12 bits per heavy atom. The molecule has 26 heavy (non-hydrogen) atoms. The molecular weight excluding hydrogens is 329 g/mol. The third kappa shape index (κ3) is 1.72. The van der Waals surface area contributed by atoms with Crippen molar-refractivity contribution < 1.29 is 9.13 Å². The third-order valence-electron chi connectivity index (χ3n) is 5.78. The molecular formula is C21H18FN3O. The number of halogens is 1. The largest absolute Gasteiger partial charge is 0.459 e. The van der Waals surface area contributed by atoms with Gasteiger partial charge in [-0.2, -0.15) is 0 Å². The fourth-order valence-corrected chi connectivity index (χ4v) is 4.24. The van der Waals surface area contributed by atoms with Gasteiger partial charge in [-0.15, -0.1) is 0 Å². The number of pyridine rings is 1. The number of likely N-dealkylation sites (N-methyl/N-ethyl adjacent to an activating group) is 1. The molecule has 5 heteroatoms. The lowest BCUT2D eigenvalue weighted by atomic mass is 9.77. The van der Waals surface area contributed by atoms with E-state index in [0.29, 0.717) is 0 Å². The Bertz CT molecular complexity index is 1090. The van der Waals surface area contributed by atoms with E-state index in [1.165, 1.54) is 6.07 Å². The van der Waals surface area contributed by atoms with Crippen molar-refractivity contribution in [2.24, 2.45) is 4.99 Å². The zero-order chi connectivity index (χ0) is 18.1. The summed E-state index contributed by atoms with van der Waals surface area (Å²) in [6, 6.07) is 10.8. The topological polar surface area (TPSA) is 37.7 Å². The summed E-state index contributed by atoms with van der Waals surface area (Å²) in [5, 5.41) is 2.03. The van der Waals surface area contributed by atoms with Gasteiger partial charge in [-0.25, -0.2) is 4.39 Å². The van der Waals surface area contributed by atoms with Crippen LogP contribution in [-0.4, -0.2) is 24.0 Å². The number of fused-ring (bicyclic) bond motifs is 4. The average Bonchev–Trinajstić information content (AvgIpc) is 2.80. The van der Waals surface area contributed by atoms with Crippen LogP contribution in [0, 0.1) is 5.82 Å². The number of benzene rings is 2. The lowest BCUT2D eigenvalue weighted by Gasteiger charge is -2.44. The molecule has 1 spiro atoms. The summed E-state index contributed by atoms with van der Waals surface area (Å²) in [7, 11) is 1.93. The van der Waals surface area contributed by atoms with E-state index >= 15 is 0 Å². The zero-order valence-electron chi connectivity index (χ0n) is 14.8. The summed E-state index contributed by atoms with van der Waals surface area (Å²) in [6.07, 6.45) is 5.43. The van der Waals surface area contributed by atoms with Crippen molar-refractivity contribution in [3.8, 4) is 5.75 Å². The molecule has 4 nitrogen and oxygen atoms in total. The van der Waals surface area contributed by atoms with E-state index in [1.54, 1.807) is 12.3 Å². The molecule has 130 valence electrons. The quantitative estimate of drug-likeness (QED) is 0.597. The second-order valence-corrected chi connectivity index (χ2v) is 7.41. The maximum absolute atomic E-state index is 13.8. The molecule has 2 aromatic carbocycles. The van der Waals surface area contributed by atoms with Crippen LogP contribution in [0.3, 0.4) is 0 Å². The highest BCUT2D eigenvalue weighted by Crippen LogP contribution is 2.54. The Kier molecular flexibility index (Phi) is 2.84. The highest BCUT2D eigenvalue weighted by molar-refractivity contribution is 5.99. The Hall–Kier alpha value is -2.95. The van der Waals surface area contributed by atoms with Gasteiger partial charge in [0.2, 0.25) is 5.72 Å². The van der Waals surface area contributed by atoms with E-state index in [1.807, 2.05) is 48.6 Å². The van der Waals surface area contributed by atoms with Crippen molar-refractivity contribution in [1.29, 1.82) is 0 Å². The van der Waals surface area contributed by atoms with Crippen molar-refractivity contribution in [2.45, 2.75) is 25.0 Å². The molecule has 0 radical (unpaired) electrons. The lowest BCUT2D eigenvalue weighted by Crippen LogP contribution is -2.61. The van der Waals surface area contributed by atoms with Crippen molar-refractivity contribution in [2.75, 3.05) is 11.9 Å². The van der Waals surface area contributed by atoms with E-state index in [0.717, 1.165) is 33.5 Å². The van der Waals surface area contributed by atoms with Gasteiger partial charge >= 0.3 is 0 Å². The maximum atomic E-state index is 13.8. The van der Waals surface area contributed by atoms with Gasteiger partial charge in [-0.05, 0) is 49.7 Å². The molecule has 0 saturated heterocycles. The standard InChI is InChI=1S/C21H18FN3O/c1-20(2)16-6-5-14(22)10-17(16)25(3)21(20)12-24-19-15-8-9-23-11-13(15)4-7-18(19)26-21/h4-12H,1-3H3. The number of aromatic nitrogens is 1. The molecule has 3 heterocycles. The SMILES string of the molecule is CN1c2cc(F)ccc2C(C)(C)C12C=Nc1c(ccc3cnccc13)O2. The molecule has 2 aliphatic heterocycles. The van der Waals surface area contributed by atoms with Crippen LogP contribution < -0.4 is 9.64 Å². The molecule has 0 N–H and O–H groups in total. The molecule has 1 atom stereocenters. The Morgan fingerprint density at radius 3 is 2.81 bits per heavy atom. The van der Waals surface area contributed by atoms with Gasteiger partial charge in [-0.1, -0.05) is 6.07 Å². The fraction of sp³-hybridized carbons (Fsp3) is 0.238. The minimum atomic E-state index is -0.809. The van der Waals surface area contributed by atoms with Crippen molar-refractivity contribution >= 4 is 28.4 Å². The van der Waals surface area contributed by atoms with Crippen LogP contribution in [0.25, 0.3) is 10.8 Å². The zero-order valence-corrected chi connectivity index (χ0v) is 14.8. The number of aliphatic imine (C=N–C) groups is 1. The minimum absolute atomic E-state index is 0.255. The van der Waals surface area contributed by atoms with Gasteiger partial charge in [0, 0.05) is 35.9 Å². The minimum Gasteiger partial charge on any atom is -0.459 e. The fourth-order valence-electron chi connectivity index (χ4n) is 4.24. The van der Waals surface area contributed by atoms with Gasteiger partial charge in [0.25, 0.3) is 0 Å². The van der Waals surface area contributed by atoms with Crippen LogP contribution in [0.1, 0.15) is 19.4 Å². The molecule has 0 bridgehead atoms. The number of anilines is 1. The summed E-state index contributed by atoms with van der Waals surface area (Å²) >= 11 is 0. The third-order valence-corrected chi connectivity index (χ3v) is 5.78. The van der Waals surface area contributed by atoms with Crippen LogP contribution in [0.4, 0.5) is 15.8 Å². The number of hydrogen-bond acceptors (Lipinski definition) is 4. The van der Waals surface area contributed by atoms with E-state index in [9.17, 15) is 4.39 Å². The smallest absolute Gasteiger partial charge is 0.228 e. The van der Waals surface area contributed by atoms with E-state index < -0.39 is 11.1 Å². The van der Waals surface area contributed by atoms with Gasteiger partial charge in [0.15, 0.2) is 0 Å². The molecule has 0 aliphatic carbocycles. The second kappa shape index (κ2) is 4.81. The predicted octanol–water partition coefficient (Wildman–Crippen LogP) is 4.59. The molecule has 0 amide bonds. The van der Waals surface area contributed by atoms with E-state index in [4.69, 9.17) is 9.73 Å². The average molecular weight is 347 g/mol. The van der Waals surface area contributed by atoms with Crippen LogP contribution in [0.5, 0.6) is 5.75 Å². The second-order valence-electron chi connectivity index (χ2n) is 7.41. The monoisotopic (exact) mass is 347 g/mol. The normalized spacial score (nSPS) is 22.4. The van der Waals surface area contributed by atoms with Crippen molar-refractivity contribution in [3.05, 3.63) is 60.2 Å². The number of ether oxygens (including phenoxy) is 1. The number of nitrogens with zero attached hydrogens (tertiary/aromatic N) is 3. The summed E-state index contributed by atoms with van der Waals surface area (Å²) in [4.78, 5) is 10.9. The number of rotatable bonds is 0. The molecule has 3 aromatic rings. The first-order valence-electron chi connectivity index (χ1n) is 8.59. The van der Waals surface area contributed by atoms with Gasteiger partial charge in [0.05, 0.1) is 11.6 Å². The first kappa shape index (κ1) is 15.3. The van der Waals surface area contributed by atoms with Crippen LogP contribution in [0.15, 0.2) is 53.8 Å². The molecule has 0 fully saturated rings. The van der Waals surface area contributed by atoms with Gasteiger partial charge in [0.1, 0.15) is 17.3 Å². The van der Waals surface area contributed by atoms with Crippen LogP contribution in [-0.2, 0) is 5.41 Å².